The summed E-state index contributed by atoms with van der Waals surface area (Å²) in [5.41, 5.74) is 0.364. The van der Waals surface area contributed by atoms with Crippen LogP contribution in [0.3, 0.4) is 0 Å². The summed E-state index contributed by atoms with van der Waals surface area (Å²) in [6.45, 7) is 0. The summed E-state index contributed by atoms with van der Waals surface area (Å²) in [4.78, 5) is 31.7. The normalized spacial score (nSPS) is 14.0. The highest BCUT2D eigenvalue weighted by Gasteiger charge is 2.31. The number of nitrogens with zero attached hydrogens (tertiary/aromatic N) is 2. The number of alkyl halides is 3. The smallest absolute Gasteiger partial charge is 0.406 e. The van der Waals surface area contributed by atoms with Gasteiger partial charge >= 0.3 is 6.36 Å². The second kappa shape index (κ2) is 5.76. The predicted octanol–water partition coefficient (Wildman–Crippen LogP) is 2.75. The summed E-state index contributed by atoms with van der Waals surface area (Å²) in [6.07, 6.45) is -1.31. The molecule has 0 unspecified atom stereocenters. The van der Waals surface area contributed by atoms with Crippen molar-refractivity contribution < 1.29 is 27.5 Å². The molecule has 9 heteroatoms. The predicted molar refractivity (Wildman–Crippen MR) is 75.5 cm³/mol. The molecule has 1 aliphatic carbocycles. The minimum absolute atomic E-state index is 0.00877. The number of anilines is 1. The van der Waals surface area contributed by atoms with Crippen LogP contribution in [-0.2, 0) is 0 Å². The monoisotopic (exact) mass is 335 g/mol. The number of aromatic nitrogens is 2. The van der Waals surface area contributed by atoms with Gasteiger partial charge in [-0.25, -0.2) is 9.97 Å². The quantitative estimate of drug-likeness (QED) is 0.929. The molecule has 24 heavy (non-hydrogen) atoms. The van der Waals surface area contributed by atoms with Crippen molar-refractivity contribution in [2.45, 2.75) is 6.36 Å². The van der Waals surface area contributed by atoms with Gasteiger partial charge in [-0.05, 0) is 24.3 Å². The van der Waals surface area contributed by atoms with Crippen LogP contribution in [0.1, 0.15) is 20.8 Å². The van der Waals surface area contributed by atoms with E-state index in [0.29, 0.717) is 5.69 Å². The molecule has 1 aromatic heterocycles. The Balaban J connectivity index is 1.80. The molecule has 0 bridgehead atoms. The molecule has 1 heterocycles. The van der Waals surface area contributed by atoms with Crippen molar-refractivity contribution in [3.05, 3.63) is 59.8 Å². The summed E-state index contributed by atoms with van der Waals surface area (Å²) in [5, 5.41) is 2.69. The first-order valence-electron chi connectivity index (χ1n) is 6.57. The maximum atomic E-state index is 12.3. The van der Waals surface area contributed by atoms with Gasteiger partial charge in [0.05, 0.1) is 11.3 Å². The molecule has 0 atom stereocenters. The molecule has 0 saturated heterocycles. The number of halogens is 3. The van der Waals surface area contributed by atoms with Gasteiger partial charge in [-0.3, -0.25) is 9.59 Å². The average molecular weight is 335 g/mol. The summed E-state index contributed by atoms with van der Waals surface area (Å²) in [6, 6.07) is 4.75. The molecule has 1 aliphatic rings. The van der Waals surface area contributed by atoms with Gasteiger partial charge < -0.3 is 10.1 Å². The van der Waals surface area contributed by atoms with E-state index in [-0.39, 0.29) is 17.0 Å². The van der Waals surface area contributed by atoms with Gasteiger partial charge in [0.15, 0.2) is 0 Å². The van der Waals surface area contributed by atoms with Gasteiger partial charge in [0, 0.05) is 18.0 Å². The van der Waals surface area contributed by atoms with Gasteiger partial charge in [-0.2, -0.15) is 0 Å². The fourth-order valence-corrected chi connectivity index (χ4v) is 2.09. The molecular weight excluding hydrogens is 327 g/mol. The molecular formula is C15H8F3N3O3. The summed E-state index contributed by atoms with van der Waals surface area (Å²) in [5.74, 6) is -1.35. The number of Topliss-reactive ketones (excluding diaryl/α,β-unsaturated/α-hetero) is 1. The van der Waals surface area contributed by atoms with Crippen LogP contribution >= 0.6 is 0 Å². The van der Waals surface area contributed by atoms with Crippen LogP contribution in [0.5, 0.6) is 5.75 Å². The summed E-state index contributed by atoms with van der Waals surface area (Å²) < 4.78 is 40.1. The topological polar surface area (TPSA) is 81.2 Å². The van der Waals surface area contributed by atoms with E-state index in [9.17, 15) is 22.8 Å². The van der Waals surface area contributed by atoms with Gasteiger partial charge in [-0.15, -0.1) is 13.2 Å². The molecule has 0 spiro atoms. The third kappa shape index (κ3) is 3.24. The highest BCUT2D eigenvalue weighted by molar-refractivity contribution is 6.24. The van der Waals surface area contributed by atoms with Crippen LogP contribution in [0.15, 0.2) is 48.6 Å². The van der Waals surface area contributed by atoms with Crippen LogP contribution in [0.2, 0.25) is 0 Å². The minimum Gasteiger partial charge on any atom is -0.406 e. The van der Waals surface area contributed by atoms with Crippen molar-refractivity contribution in [2.75, 3.05) is 5.32 Å². The number of carbonyl (C=O) groups is 2. The Morgan fingerprint density at radius 2 is 1.79 bits per heavy atom. The van der Waals surface area contributed by atoms with Crippen molar-refractivity contribution in [1.29, 1.82) is 0 Å². The molecule has 0 amide bonds. The largest absolute Gasteiger partial charge is 0.573 e. The Morgan fingerprint density at radius 3 is 2.46 bits per heavy atom. The standard InChI is InChI=1S/C15H8F3N3O3/c16-15(17,18)24-9-3-1-8(2-4-9)21-11-5-12(22)13-10(14(11)23)6-19-7-20-13/h1-7,21H. The van der Waals surface area contributed by atoms with Gasteiger partial charge in [0.1, 0.15) is 17.8 Å². The lowest BCUT2D eigenvalue weighted by atomic mass is 9.98. The number of carbonyl (C=O) groups excluding carboxylic acids is 2. The highest BCUT2D eigenvalue weighted by Crippen LogP contribution is 2.25. The number of ether oxygens (including phenoxy) is 1. The number of rotatable bonds is 3. The maximum Gasteiger partial charge on any atom is 0.573 e. The summed E-state index contributed by atoms with van der Waals surface area (Å²) in [7, 11) is 0. The van der Waals surface area contributed by atoms with E-state index in [1.165, 1.54) is 18.3 Å². The van der Waals surface area contributed by atoms with Crippen molar-refractivity contribution in [3.8, 4) is 5.75 Å². The molecule has 0 radical (unpaired) electrons. The Morgan fingerprint density at radius 1 is 1.08 bits per heavy atom. The number of benzene rings is 1. The zero-order valence-electron chi connectivity index (χ0n) is 11.8. The second-order valence-corrected chi connectivity index (χ2v) is 4.73. The van der Waals surface area contributed by atoms with Gasteiger partial charge in [-0.1, -0.05) is 0 Å². The minimum atomic E-state index is -4.78. The second-order valence-electron chi connectivity index (χ2n) is 4.73. The molecule has 1 aromatic carbocycles. The number of hydrogen-bond acceptors (Lipinski definition) is 6. The molecule has 3 rings (SSSR count). The Bertz CT molecular complexity index is 845. The number of hydrogen-bond donors (Lipinski definition) is 1. The number of nitrogens with one attached hydrogen (secondary N) is 1. The van der Waals surface area contributed by atoms with Crippen LogP contribution in [0.4, 0.5) is 18.9 Å². The molecule has 122 valence electrons. The van der Waals surface area contributed by atoms with E-state index in [0.717, 1.165) is 24.5 Å². The Labute approximate surface area is 133 Å². The summed E-state index contributed by atoms with van der Waals surface area (Å²) >= 11 is 0. The Kier molecular flexibility index (Phi) is 3.76. The third-order valence-corrected chi connectivity index (χ3v) is 3.08. The molecule has 0 saturated carbocycles. The lowest BCUT2D eigenvalue weighted by Crippen LogP contribution is -2.23. The number of ketones is 2. The van der Waals surface area contributed by atoms with E-state index >= 15 is 0 Å². The third-order valence-electron chi connectivity index (χ3n) is 3.08. The average Bonchev–Trinajstić information content (AvgIpc) is 2.53. The van der Waals surface area contributed by atoms with Crippen LogP contribution < -0.4 is 10.1 Å². The highest BCUT2D eigenvalue weighted by atomic mass is 19.4. The number of fused-ring (bicyclic) bond motifs is 1. The van der Waals surface area contributed by atoms with Crippen molar-refractivity contribution in [2.24, 2.45) is 0 Å². The Hall–Kier alpha value is -3.23. The lowest BCUT2D eigenvalue weighted by molar-refractivity contribution is -0.274. The zero-order chi connectivity index (χ0) is 17.3. The first-order chi connectivity index (χ1) is 11.3. The SMILES string of the molecule is O=C1C(Nc2ccc(OC(F)(F)F)cc2)=CC(=O)c2ncncc21. The number of allylic oxidation sites excluding steroid dienone is 2. The van der Waals surface area contributed by atoms with Gasteiger partial charge in [0.25, 0.3) is 0 Å². The molecule has 1 N–H and O–H groups in total. The fourth-order valence-electron chi connectivity index (χ4n) is 2.09. The van der Waals surface area contributed by atoms with E-state index in [4.69, 9.17) is 0 Å². The maximum absolute atomic E-state index is 12.3. The van der Waals surface area contributed by atoms with E-state index in [1.807, 2.05) is 0 Å². The van der Waals surface area contributed by atoms with Crippen molar-refractivity contribution in [3.63, 3.8) is 0 Å². The van der Waals surface area contributed by atoms with Crippen LogP contribution in [0, 0.1) is 0 Å². The first-order valence-corrected chi connectivity index (χ1v) is 6.57. The van der Waals surface area contributed by atoms with E-state index in [2.05, 4.69) is 20.0 Å². The van der Waals surface area contributed by atoms with Crippen molar-refractivity contribution in [1.82, 2.24) is 9.97 Å². The van der Waals surface area contributed by atoms with Crippen LogP contribution in [-0.4, -0.2) is 27.9 Å². The van der Waals surface area contributed by atoms with Crippen molar-refractivity contribution >= 4 is 17.3 Å². The zero-order valence-corrected chi connectivity index (χ0v) is 11.8. The van der Waals surface area contributed by atoms with Gasteiger partial charge in [0.2, 0.25) is 11.6 Å². The van der Waals surface area contributed by atoms with Crippen LogP contribution in [0.25, 0.3) is 0 Å². The lowest BCUT2D eigenvalue weighted by Gasteiger charge is -2.15. The van der Waals surface area contributed by atoms with E-state index in [1.54, 1.807) is 0 Å². The first kappa shape index (κ1) is 15.7. The van der Waals surface area contributed by atoms with E-state index < -0.39 is 23.7 Å². The molecule has 0 fully saturated rings. The fraction of sp³-hybridized carbons (Fsp3) is 0.0667. The molecule has 6 nitrogen and oxygen atoms in total. The molecule has 2 aromatic rings. The molecule has 0 aliphatic heterocycles.